The Hall–Kier alpha value is -2.82. The van der Waals surface area contributed by atoms with Gasteiger partial charge in [0.05, 0.1) is 13.5 Å². The number of carbonyl (C=O) groups is 2. The number of primary amides is 1. The number of aryl methyl sites for hydroxylation is 1. The highest BCUT2D eigenvalue weighted by molar-refractivity contribution is 5.88. The second kappa shape index (κ2) is 7.45. The molecule has 2 rings (SSSR count). The first-order valence-electron chi connectivity index (χ1n) is 7.28. The first-order chi connectivity index (χ1) is 11.0. The fraction of sp³-hybridized carbons (Fsp3) is 0.222. The summed E-state index contributed by atoms with van der Waals surface area (Å²) in [5.41, 5.74) is 7.87. The Kier molecular flexibility index (Phi) is 5.36. The van der Waals surface area contributed by atoms with Crippen LogP contribution in [-0.4, -0.2) is 18.9 Å². The van der Waals surface area contributed by atoms with Crippen LogP contribution < -0.4 is 15.8 Å². The monoisotopic (exact) mass is 312 g/mol. The van der Waals surface area contributed by atoms with Crippen molar-refractivity contribution in [3.05, 3.63) is 65.2 Å². The SMILES string of the molecule is COc1cc(CC(=O)NC(C(N)=O)c2ccccc2)ccc1C. The summed E-state index contributed by atoms with van der Waals surface area (Å²) >= 11 is 0. The molecule has 3 N–H and O–H groups in total. The lowest BCUT2D eigenvalue weighted by Crippen LogP contribution is -2.38. The van der Waals surface area contributed by atoms with E-state index in [4.69, 9.17) is 10.5 Å². The molecule has 0 aliphatic heterocycles. The molecule has 1 unspecified atom stereocenters. The van der Waals surface area contributed by atoms with Crippen molar-refractivity contribution in [1.29, 1.82) is 0 Å². The highest BCUT2D eigenvalue weighted by Crippen LogP contribution is 2.19. The maximum Gasteiger partial charge on any atom is 0.244 e. The van der Waals surface area contributed by atoms with E-state index in [2.05, 4.69) is 5.32 Å². The molecule has 0 saturated heterocycles. The van der Waals surface area contributed by atoms with Crippen molar-refractivity contribution in [3.8, 4) is 5.75 Å². The lowest BCUT2D eigenvalue weighted by Gasteiger charge is -2.16. The summed E-state index contributed by atoms with van der Waals surface area (Å²) in [6, 6.07) is 13.7. The van der Waals surface area contributed by atoms with Gasteiger partial charge in [-0.25, -0.2) is 0 Å². The predicted molar refractivity (Wildman–Crippen MR) is 88.0 cm³/mol. The van der Waals surface area contributed by atoms with Crippen LogP contribution in [0.1, 0.15) is 22.7 Å². The molecule has 1 atom stereocenters. The van der Waals surface area contributed by atoms with Gasteiger partial charge in [0.2, 0.25) is 11.8 Å². The van der Waals surface area contributed by atoms with Gasteiger partial charge in [-0.1, -0.05) is 42.5 Å². The number of methoxy groups -OCH3 is 1. The zero-order valence-electron chi connectivity index (χ0n) is 13.2. The minimum absolute atomic E-state index is 0.146. The lowest BCUT2D eigenvalue weighted by molar-refractivity contribution is -0.127. The van der Waals surface area contributed by atoms with Crippen molar-refractivity contribution in [3.63, 3.8) is 0 Å². The summed E-state index contributed by atoms with van der Waals surface area (Å²) in [6.07, 6.45) is 0.146. The fourth-order valence-corrected chi connectivity index (χ4v) is 2.34. The molecule has 0 bridgehead atoms. The number of ether oxygens (including phenoxy) is 1. The van der Waals surface area contributed by atoms with Gasteiger partial charge in [0, 0.05) is 0 Å². The number of hydrogen-bond acceptors (Lipinski definition) is 3. The smallest absolute Gasteiger partial charge is 0.244 e. The largest absolute Gasteiger partial charge is 0.496 e. The van der Waals surface area contributed by atoms with Gasteiger partial charge in [0.25, 0.3) is 0 Å². The van der Waals surface area contributed by atoms with Crippen LogP contribution in [0.15, 0.2) is 48.5 Å². The average Bonchev–Trinajstić information content (AvgIpc) is 2.55. The summed E-state index contributed by atoms with van der Waals surface area (Å²) in [5.74, 6) is -0.139. The molecule has 0 saturated carbocycles. The maximum atomic E-state index is 12.2. The van der Waals surface area contributed by atoms with Crippen LogP contribution in [0, 0.1) is 6.92 Å². The highest BCUT2D eigenvalue weighted by Gasteiger charge is 2.20. The molecule has 2 aromatic rings. The second-order valence-electron chi connectivity index (χ2n) is 5.29. The minimum atomic E-state index is -0.837. The van der Waals surface area contributed by atoms with Crippen LogP contribution in [0.2, 0.25) is 0 Å². The van der Waals surface area contributed by atoms with Crippen LogP contribution in [0.5, 0.6) is 5.75 Å². The molecule has 120 valence electrons. The van der Waals surface area contributed by atoms with E-state index in [1.807, 2.05) is 31.2 Å². The summed E-state index contributed by atoms with van der Waals surface area (Å²) in [7, 11) is 1.59. The number of benzene rings is 2. The Morgan fingerprint density at radius 1 is 1.17 bits per heavy atom. The fourth-order valence-electron chi connectivity index (χ4n) is 2.34. The van der Waals surface area contributed by atoms with E-state index in [9.17, 15) is 9.59 Å². The number of nitrogens with one attached hydrogen (secondary N) is 1. The molecule has 5 nitrogen and oxygen atoms in total. The quantitative estimate of drug-likeness (QED) is 0.854. The van der Waals surface area contributed by atoms with Gasteiger partial charge in [-0.3, -0.25) is 9.59 Å². The van der Waals surface area contributed by atoms with Gasteiger partial charge < -0.3 is 15.8 Å². The summed E-state index contributed by atoms with van der Waals surface area (Å²) in [4.78, 5) is 23.8. The van der Waals surface area contributed by atoms with Crippen molar-refractivity contribution in [1.82, 2.24) is 5.32 Å². The number of carbonyl (C=O) groups excluding carboxylic acids is 2. The van der Waals surface area contributed by atoms with E-state index in [0.29, 0.717) is 5.56 Å². The third kappa shape index (κ3) is 4.32. The molecule has 5 heteroatoms. The van der Waals surface area contributed by atoms with E-state index >= 15 is 0 Å². The second-order valence-corrected chi connectivity index (χ2v) is 5.29. The van der Waals surface area contributed by atoms with Gasteiger partial charge in [0.1, 0.15) is 11.8 Å². The molecule has 0 aliphatic carbocycles. The maximum absolute atomic E-state index is 12.2. The average molecular weight is 312 g/mol. The predicted octanol–water partition coefficient (Wildman–Crippen LogP) is 1.89. The summed E-state index contributed by atoms with van der Waals surface area (Å²) in [6.45, 7) is 1.93. The number of amides is 2. The Labute approximate surface area is 135 Å². The third-order valence-electron chi connectivity index (χ3n) is 3.56. The van der Waals surface area contributed by atoms with Crippen molar-refractivity contribution in [2.75, 3.05) is 7.11 Å². The first-order valence-corrected chi connectivity index (χ1v) is 7.28. The number of rotatable bonds is 6. The van der Waals surface area contributed by atoms with Gasteiger partial charge in [-0.05, 0) is 29.7 Å². The Balaban J connectivity index is 2.09. The molecule has 0 fully saturated rings. The third-order valence-corrected chi connectivity index (χ3v) is 3.56. The lowest BCUT2D eigenvalue weighted by atomic mass is 10.0. The Morgan fingerprint density at radius 2 is 1.87 bits per heavy atom. The molecule has 0 heterocycles. The standard InChI is InChI=1S/C18H20N2O3/c1-12-8-9-13(10-15(12)23-2)11-16(21)20-17(18(19)22)14-6-4-3-5-7-14/h3-10,17H,11H2,1-2H3,(H2,19,22)(H,20,21). The van der Waals surface area contributed by atoms with Crippen LogP contribution >= 0.6 is 0 Å². The molecule has 2 aromatic carbocycles. The number of nitrogens with two attached hydrogens (primary N) is 1. The molecule has 0 radical (unpaired) electrons. The summed E-state index contributed by atoms with van der Waals surface area (Å²) in [5, 5.41) is 2.68. The van der Waals surface area contributed by atoms with Crippen LogP contribution in [0.4, 0.5) is 0 Å². The van der Waals surface area contributed by atoms with Crippen molar-refractivity contribution >= 4 is 11.8 Å². The number of hydrogen-bond donors (Lipinski definition) is 2. The molecular formula is C18H20N2O3. The molecule has 0 aliphatic rings. The Bertz CT molecular complexity index is 699. The van der Waals surface area contributed by atoms with E-state index < -0.39 is 11.9 Å². The van der Waals surface area contributed by atoms with E-state index in [-0.39, 0.29) is 12.3 Å². The normalized spacial score (nSPS) is 11.6. The Morgan fingerprint density at radius 3 is 2.48 bits per heavy atom. The van der Waals surface area contributed by atoms with Crippen LogP contribution in [0.25, 0.3) is 0 Å². The summed E-state index contributed by atoms with van der Waals surface area (Å²) < 4.78 is 5.25. The molecular weight excluding hydrogens is 292 g/mol. The van der Waals surface area contributed by atoms with Gasteiger partial charge in [0.15, 0.2) is 0 Å². The molecule has 23 heavy (non-hydrogen) atoms. The first kappa shape index (κ1) is 16.5. The zero-order valence-corrected chi connectivity index (χ0v) is 13.2. The van der Waals surface area contributed by atoms with Crippen LogP contribution in [-0.2, 0) is 16.0 Å². The van der Waals surface area contributed by atoms with E-state index in [0.717, 1.165) is 16.9 Å². The topological polar surface area (TPSA) is 81.4 Å². The van der Waals surface area contributed by atoms with Gasteiger partial charge >= 0.3 is 0 Å². The zero-order chi connectivity index (χ0) is 16.8. The molecule has 2 amide bonds. The molecule has 0 spiro atoms. The van der Waals surface area contributed by atoms with E-state index in [1.165, 1.54) is 0 Å². The highest BCUT2D eigenvalue weighted by atomic mass is 16.5. The van der Waals surface area contributed by atoms with E-state index in [1.54, 1.807) is 31.4 Å². The van der Waals surface area contributed by atoms with Gasteiger partial charge in [-0.2, -0.15) is 0 Å². The molecule has 0 aromatic heterocycles. The van der Waals surface area contributed by atoms with Crippen LogP contribution in [0.3, 0.4) is 0 Å². The van der Waals surface area contributed by atoms with Crippen molar-refractivity contribution in [2.45, 2.75) is 19.4 Å². The van der Waals surface area contributed by atoms with Gasteiger partial charge in [-0.15, -0.1) is 0 Å². The minimum Gasteiger partial charge on any atom is -0.496 e. The van der Waals surface area contributed by atoms with Crippen molar-refractivity contribution in [2.24, 2.45) is 5.73 Å². The van der Waals surface area contributed by atoms with Crippen molar-refractivity contribution < 1.29 is 14.3 Å².